The highest BCUT2D eigenvalue weighted by molar-refractivity contribution is 7.99. The third-order valence-electron chi connectivity index (χ3n) is 7.38. The van der Waals surface area contributed by atoms with Gasteiger partial charge in [-0.1, -0.05) is 25.1 Å². The molecule has 0 aromatic heterocycles. The number of piperidine rings is 1. The van der Waals surface area contributed by atoms with Gasteiger partial charge in [-0.3, -0.25) is 0 Å². The van der Waals surface area contributed by atoms with E-state index >= 15 is 0 Å². The molecule has 2 aliphatic rings. The number of nitrogens with one attached hydrogen (secondary N) is 1. The Bertz CT molecular complexity index is 941. The maximum absolute atomic E-state index is 6.62. The average Bonchev–Trinajstić information content (AvgIpc) is 2.92. The van der Waals surface area contributed by atoms with Crippen LogP contribution in [0, 0.1) is 0 Å². The molecule has 0 saturated carbocycles. The summed E-state index contributed by atoms with van der Waals surface area (Å²) in [6.07, 6.45) is 5.56. The van der Waals surface area contributed by atoms with Gasteiger partial charge in [0.05, 0.1) is 32.1 Å². The minimum Gasteiger partial charge on any atom is -0.497 e. The molecule has 7 heteroatoms. The van der Waals surface area contributed by atoms with Crippen LogP contribution in [-0.4, -0.2) is 70.7 Å². The monoisotopic (exact) mass is 514 g/mol. The first-order chi connectivity index (χ1) is 17.6. The molecule has 1 N–H and O–H groups in total. The number of ether oxygens (including phenoxy) is 4. The number of hydrogen-bond acceptors (Lipinski definition) is 7. The molecule has 0 spiro atoms. The van der Waals surface area contributed by atoms with Crippen LogP contribution in [0.2, 0.25) is 0 Å². The van der Waals surface area contributed by atoms with Gasteiger partial charge < -0.3 is 29.2 Å². The molecule has 6 nitrogen and oxygen atoms in total. The van der Waals surface area contributed by atoms with Crippen molar-refractivity contribution in [1.29, 1.82) is 0 Å². The highest BCUT2D eigenvalue weighted by Crippen LogP contribution is 2.35. The van der Waals surface area contributed by atoms with Crippen LogP contribution in [0.1, 0.15) is 43.2 Å². The lowest BCUT2D eigenvalue weighted by molar-refractivity contribution is 0.00232. The second-order valence-electron chi connectivity index (χ2n) is 9.84. The fourth-order valence-electron chi connectivity index (χ4n) is 5.26. The topological polar surface area (TPSA) is 52.2 Å². The quantitative estimate of drug-likeness (QED) is 0.395. The summed E-state index contributed by atoms with van der Waals surface area (Å²) in [5, 5.41) is 4.42. The molecule has 0 aliphatic carbocycles. The van der Waals surface area contributed by atoms with Crippen LogP contribution in [0.5, 0.6) is 11.5 Å². The minimum absolute atomic E-state index is 0.115. The van der Waals surface area contributed by atoms with Gasteiger partial charge in [0, 0.05) is 44.0 Å². The second-order valence-corrected chi connectivity index (χ2v) is 11.1. The summed E-state index contributed by atoms with van der Waals surface area (Å²) in [6, 6.07) is 15.5. The number of hydrogen-bond donors (Lipinski definition) is 1. The molecule has 1 saturated heterocycles. The lowest BCUT2D eigenvalue weighted by Crippen LogP contribution is -2.47. The van der Waals surface area contributed by atoms with Gasteiger partial charge in [-0.2, -0.15) is 11.8 Å². The van der Waals surface area contributed by atoms with Gasteiger partial charge in [-0.05, 0) is 60.9 Å². The van der Waals surface area contributed by atoms with Crippen LogP contribution in [0.15, 0.2) is 42.5 Å². The summed E-state index contributed by atoms with van der Waals surface area (Å²) < 4.78 is 23.2. The summed E-state index contributed by atoms with van der Waals surface area (Å²) in [5.74, 6) is 2.20. The number of benzene rings is 2. The van der Waals surface area contributed by atoms with Gasteiger partial charge in [0.25, 0.3) is 0 Å². The van der Waals surface area contributed by atoms with Crippen molar-refractivity contribution < 1.29 is 18.9 Å². The van der Waals surface area contributed by atoms with E-state index in [9.17, 15) is 0 Å². The zero-order valence-electron chi connectivity index (χ0n) is 22.2. The molecule has 1 fully saturated rings. The van der Waals surface area contributed by atoms with Crippen molar-refractivity contribution in [2.24, 2.45) is 0 Å². The number of nitrogens with zero attached hydrogens (tertiary/aromatic N) is 1. The van der Waals surface area contributed by atoms with E-state index in [1.165, 1.54) is 17.5 Å². The molecular formula is C29H42N2O4S. The molecule has 0 bridgehead atoms. The van der Waals surface area contributed by atoms with Crippen LogP contribution < -0.4 is 19.7 Å². The molecule has 198 valence electrons. The van der Waals surface area contributed by atoms with E-state index in [0.717, 1.165) is 62.9 Å². The SMILES string of the molecule is COCCCN1CCOc2ccc(CO[C@H]3CN[C@@H](C[C@@H](C)SC)C[C@@H]3c3ccc(OC)cc3)cc21. The van der Waals surface area contributed by atoms with E-state index in [1.54, 1.807) is 14.2 Å². The van der Waals surface area contributed by atoms with Crippen LogP contribution in [0.25, 0.3) is 0 Å². The fraction of sp³-hybridized carbons (Fsp3) is 0.586. The van der Waals surface area contributed by atoms with Gasteiger partial charge in [-0.15, -0.1) is 0 Å². The van der Waals surface area contributed by atoms with E-state index in [1.807, 2.05) is 11.8 Å². The molecular weight excluding hydrogens is 472 g/mol. The Morgan fingerprint density at radius 1 is 1.17 bits per heavy atom. The van der Waals surface area contributed by atoms with Crippen LogP contribution in [0.4, 0.5) is 5.69 Å². The van der Waals surface area contributed by atoms with Gasteiger partial charge >= 0.3 is 0 Å². The zero-order chi connectivity index (χ0) is 25.3. The Labute approximate surface area is 221 Å². The summed E-state index contributed by atoms with van der Waals surface area (Å²) in [5.41, 5.74) is 3.67. The van der Waals surface area contributed by atoms with Crippen molar-refractivity contribution in [3.63, 3.8) is 0 Å². The minimum atomic E-state index is 0.115. The number of anilines is 1. The molecule has 2 heterocycles. The average molecular weight is 515 g/mol. The van der Waals surface area contributed by atoms with E-state index in [4.69, 9.17) is 18.9 Å². The third kappa shape index (κ3) is 7.09. The highest BCUT2D eigenvalue weighted by Gasteiger charge is 2.33. The van der Waals surface area contributed by atoms with E-state index in [0.29, 0.717) is 23.8 Å². The second kappa shape index (κ2) is 13.6. The summed E-state index contributed by atoms with van der Waals surface area (Å²) in [4.78, 5) is 2.40. The van der Waals surface area contributed by atoms with E-state index in [-0.39, 0.29) is 6.10 Å². The summed E-state index contributed by atoms with van der Waals surface area (Å²) in [7, 11) is 3.47. The van der Waals surface area contributed by atoms with E-state index < -0.39 is 0 Å². The number of fused-ring (bicyclic) bond motifs is 1. The van der Waals surface area contributed by atoms with Gasteiger partial charge in [0.15, 0.2) is 0 Å². The Balaban J connectivity index is 1.45. The standard InChI is InChI=1S/C29H42N2O4S/c1-21(36-4)16-24-18-26(23-7-9-25(33-3)10-8-23)29(19-30-24)35-20-22-6-11-28-27(17-22)31(13-15-34-28)12-5-14-32-2/h6-11,17,21,24,26,29-30H,5,12-16,18-20H2,1-4H3/t21-,24+,26-,29+/m1/s1. The lowest BCUT2D eigenvalue weighted by atomic mass is 9.83. The predicted octanol–water partition coefficient (Wildman–Crippen LogP) is 5.10. The Kier molecular flexibility index (Phi) is 10.2. The third-order valence-corrected chi connectivity index (χ3v) is 8.38. The van der Waals surface area contributed by atoms with Crippen molar-refractivity contribution in [2.75, 3.05) is 58.2 Å². The van der Waals surface area contributed by atoms with Gasteiger partial charge in [0.1, 0.15) is 18.1 Å². The smallest absolute Gasteiger partial charge is 0.142 e. The van der Waals surface area contributed by atoms with Gasteiger partial charge in [0.2, 0.25) is 0 Å². The first-order valence-electron chi connectivity index (χ1n) is 13.1. The maximum atomic E-state index is 6.62. The summed E-state index contributed by atoms with van der Waals surface area (Å²) in [6.45, 7) is 7.13. The van der Waals surface area contributed by atoms with Crippen molar-refractivity contribution in [1.82, 2.24) is 5.32 Å². The molecule has 36 heavy (non-hydrogen) atoms. The summed E-state index contributed by atoms with van der Waals surface area (Å²) >= 11 is 1.94. The van der Waals surface area contributed by atoms with E-state index in [2.05, 4.69) is 65.9 Å². The van der Waals surface area contributed by atoms with Crippen molar-refractivity contribution in [3.05, 3.63) is 53.6 Å². The molecule has 4 atom stereocenters. The lowest BCUT2D eigenvalue weighted by Gasteiger charge is -2.38. The van der Waals surface area contributed by atoms with Crippen LogP contribution in [0.3, 0.4) is 0 Å². The van der Waals surface area contributed by atoms with Crippen LogP contribution in [-0.2, 0) is 16.1 Å². The van der Waals surface area contributed by atoms with Crippen molar-refractivity contribution in [2.45, 2.75) is 56.1 Å². The van der Waals surface area contributed by atoms with Crippen LogP contribution >= 0.6 is 11.8 Å². The van der Waals surface area contributed by atoms with Gasteiger partial charge in [-0.25, -0.2) is 0 Å². The van der Waals surface area contributed by atoms with Crippen molar-refractivity contribution in [3.8, 4) is 11.5 Å². The number of methoxy groups -OCH3 is 2. The van der Waals surface area contributed by atoms with Crippen molar-refractivity contribution >= 4 is 17.4 Å². The molecule has 0 radical (unpaired) electrons. The Morgan fingerprint density at radius 3 is 2.75 bits per heavy atom. The Morgan fingerprint density at radius 2 is 2.00 bits per heavy atom. The normalized spacial score (nSPS) is 22.6. The first kappa shape index (κ1) is 27.1. The fourth-order valence-corrected chi connectivity index (χ4v) is 5.69. The largest absolute Gasteiger partial charge is 0.497 e. The predicted molar refractivity (Wildman–Crippen MR) is 149 cm³/mol. The zero-order valence-corrected chi connectivity index (χ0v) is 23.0. The molecule has 2 aliphatic heterocycles. The molecule has 2 aromatic carbocycles. The first-order valence-corrected chi connectivity index (χ1v) is 14.4. The molecule has 2 aromatic rings. The highest BCUT2D eigenvalue weighted by atomic mass is 32.2. The maximum Gasteiger partial charge on any atom is 0.142 e. The number of thioether (sulfide) groups is 1. The number of rotatable bonds is 12. The molecule has 4 rings (SSSR count). The Hall–Kier alpha value is -1.93. The molecule has 0 unspecified atom stereocenters. The molecule has 0 amide bonds.